The number of para-hydroxylation sites is 1. The Hall–Kier alpha value is -2.33. The van der Waals surface area contributed by atoms with Gasteiger partial charge >= 0.3 is 0 Å². The lowest BCUT2D eigenvalue weighted by Gasteiger charge is -2.11. The molecule has 0 N–H and O–H groups in total. The molecule has 2 aromatic carbocycles. The van der Waals surface area contributed by atoms with E-state index >= 15 is 0 Å². The summed E-state index contributed by atoms with van der Waals surface area (Å²) in [5.41, 5.74) is 2.10. The van der Waals surface area contributed by atoms with Crippen LogP contribution < -0.4 is 5.56 Å². The molecule has 0 bridgehead atoms. The van der Waals surface area contributed by atoms with E-state index in [0.29, 0.717) is 11.9 Å². The number of thioether (sulfide) groups is 1. The van der Waals surface area contributed by atoms with Crippen molar-refractivity contribution in [1.82, 2.24) is 9.55 Å². The van der Waals surface area contributed by atoms with E-state index in [2.05, 4.69) is 35.8 Å². The Morgan fingerprint density at radius 1 is 1.08 bits per heavy atom. The maximum absolute atomic E-state index is 12.7. The average molecular weight is 336 g/mol. The first kappa shape index (κ1) is 16.5. The van der Waals surface area contributed by atoms with Crippen LogP contribution in [0.3, 0.4) is 0 Å². The molecule has 1 heterocycles. The second-order valence-corrected chi connectivity index (χ2v) is 6.62. The van der Waals surface area contributed by atoms with Gasteiger partial charge in [0.25, 0.3) is 5.56 Å². The first-order valence-electron chi connectivity index (χ1n) is 8.07. The molecule has 0 aliphatic carbocycles. The molecule has 3 nitrogen and oxygen atoms in total. The number of benzene rings is 2. The van der Waals surface area contributed by atoms with Crippen molar-refractivity contribution in [2.24, 2.45) is 0 Å². The molecule has 122 valence electrons. The van der Waals surface area contributed by atoms with E-state index in [1.165, 1.54) is 5.56 Å². The highest BCUT2D eigenvalue weighted by molar-refractivity contribution is 7.99. The maximum atomic E-state index is 12.7. The topological polar surface area (TPSA) is 34.9 Å². The van der Waals surface area contributed by atoms with Crippen molar-refractivity contribution in [2.75, 3.05) is 5.75 Å². The van der Waals surface area contributed by atoms with Crippen molar-refractivity contribution in [1.29, 1.82) is 0 Å². The van der Waals surface area contributed by atoms with Crippen LogP contribution in [0, 0.1) is 0 Å². The van der Waals surface area contributed by atoms with Crippen LogP contribution >= 0.6 is 11.8 Å². The molecule has 0 unspecified atom stereocenters. The smallest absolute Gasteiger partial charge is 0.262 e. The number of aromatic nitrogens is 2. The summed E-state index contributed by atoms with van der Waals surface area (Å²) in [5, 5.41) is 1.43. The Bertz CT molecular complexity index is 887. The largest absolute Gasteiger partial charge is 0.283 e. The molecule has 4 heteroatoms. The van der Waals surface area contributed by atoms with Gasteiger partial charge < -0.3 is 0 Å². The van der Waals surface area contributed by atoms with E-state index in [1.54, 1.807) is 22.4 Å². The summed E-state index contributed by atoms with van der Waals surface area (Å²) in [5.74, 6) is 0.927. The molecular formula is C20H20N2OS. The molecule has 0 fully saturated rings. The zero-order valence-electron chi connectivity index (χ0n) is 13.5. The summed E-state index contributed by atoms with van der Waals surface area (Å²) >= 11 is 1.64. The lowest BCUT2D eigenvalue weighted by Crippen LogP contribution is -2.22. The molecule has 0 aliphatic heterocycles. The summed E-state index contributed by atoms with van der Waals surface area (Å²) in [6, 6.07) is 18.0. The van der Waals surface area contributed by atoms with E-state index in [-0.39, 0.29) is 5.56 Å². The van der Waals surface area contributed by atoms with Crippen LogP contribution in [0.2, 0.25) is 0 Å². The third-order valence-corrected chi connectivity index (χ3v) is 4.88. The standard InChI is InChI=1S/C20H20N2OS/c1-2-14-22-19(23)17-12-6-7-13-18(17)21-20(22)24-15-8-11-16-9-4-3-5-10-16/h2-7,9-10,12-13H,1,8,11,14-15H2. The first-order chi connectivity index (χ1) is 11.8. The molecule has 0 spiro atoms. The molecule has 0 saturated heterocycles. The van der Waals surface area contributed by atoms with Crippen LogP contribution in [-0.2, 0) is 13.0 Å². The zero-order chi connectivity index (χ0) is 16.8. The van der Waals surface area contributed by atoms with E-state index in [1.807, 2.05) is 30.3 Å². The van der Waals surface area contributed by atoms with Crippen molar-refractivity contribution in [3.63, 3.8) is 0 Å². The van der Waals surface area contributed by atoms with Gasteiger partial charge in [0.05, 0.1) is 10.9 Å². The number of nitrogens with zero attached hydrogens (tertiary/aromatic N) is 2. The fourth-order valence-corrected chi connectivity index (χ4v) is 3.58. The SMILES string of the molecule is C=CCn1c(SCCCc2ccccc2)nc2ccccc2c1=O. The average Bonchev–Trinajstić information content (AvgIpc) is 2.63. The van der Waals surface area contributed by atoms with Crippen molar-refractivity contribution in [3.05, 3.63) is 83.2 Å². The number of hydrogen-bond donors (Lipinski definition) is 0. The third-order valence-electron chi connectivity index (χ3n) is 3.82. The quantitative estimate of drug-likeness (QED) is 0.279. The first-order valence-corrected chi connectivity index (χ1v) is 9.05. The van der Waals surface area contributed by atoms with Crippen molar-refractivity contribution >= 4 is 22.7 Å². The lowest BCUT2D eigenvalue weighted by molar-refractivity contribution is 0.671. The molecule has 0 atom stereocenters. The summed E-state index contributed by atoms with van der Waals surface area (Å²) in [6.07, 6.45) is 3.82. The van der Waals surface area contributed by atoms with Gasteiger partial charge in [-0.15, -0.1) is 6.58 Å². The number of aryl methyl sites for hydroxylation is 1. The Labute approximate surface area is 146 Å². The second-order valence-electron chi connectivity index (χ2n) is 5.55. The van der Waals surface area contributed by atoms with Crippen LogP contribution in [0.5, 0.6) is 0 Å². The normalized spacial score (nSPS) is 10.8. The number of hydrogen-bond acceptors (Lipinski definition) is 3. The highest BCUT2D eigenvalue weighted by Gasteiger charge is 2.10. The highest BCUT2D eigenvalue weighted by atomic mass is 32.2. The van der Waals surface area contributed by atoms with Crippen molar-refractivity contribution < 1.29 is 0 Å². The summed E-state index contributed by atoms with van der Waals surface area (Å²) < 4.78 is 1.71. The fourth-order valence-electron chi connectivity index (χ4n) is 2.63. The number of allylic oxidation sites excluding steroid dienone is 1. The van der Waals surface area contributed by atoms with Crippen molar-refractivity contribution in [3.8, 4) is 0 Å². The lowest BCUT2D eigenvalue weighted by atomic mass is 10.1. The molecule has 3 aromatic rings. The molecule has 0 radical (unpaired) electrons. The molecule has 1 aromatic heterocycles. The molecule has 0 aliphatic rings. The van der Waals surface area contributed by atoms with E-state index in [4.69, 9.17) is 0 Å². The molecule has 24 heavy (non-hydrogen) atoms. The molecule has 0 amide bonds. The minimum atomic E-state index is 0.00561. The van der Waals surface area contributed by atoms with Crippen LogP contribution in [0.15, 0.2) is 77.2 Å². The maximum Gasteiger partial charge on any atom is 0.262 e. The van der Waals surface area contributed by atoms with Gasteiger partial charge in [-0.1, -0.05) is 60.3 Å². The van der Waals surface area contributed by atoms with Gasteiger partial charge in [-0.3, -0.25) is 9.36 Å². The monoisotopic (exact) mass is 336 g/mol. The summed E-state index contributed by atoms with van der Waals surface area (Å²) in [4.78, 5) is 17.3. The Morgan fingerprint density at radius 3 is 2.62 bits per heavy atom. The van der Waals surface area contributed by atoms with E-state index < -0.39 is 0 Å². The fraction of sp³-hybridized carbons (Fsp3) is 0.200. The molecular weight excluding hydrogens is 316 g/mol. The predicted octanol–water partition coefficient (Wildman–Crippen LogP) is 4.31. The summed E-state index contributed by atoms with van der Waals surface area (Å²) in [6.45, 7) is 4.24. The van der Waals surface area contributed by atoms with Gasteiger partial charge in [0.2, 0.25) is 0 Å². The molecule has 3 rings (SSSR count). The van der Waals surface area contributed by atoms with Gasteiger partial charge in [-0.2, -0.15) is 0 Å². The van der Waals surface area contributed by atoms with Crippen molar-refractivity contribution in [2.45, 2.75) is 24.5 Å². The Kier molecular flexibility index (Phi) is 5.49. The minimum absolute atomic E-state index is 0.00561. The predicted molar refractivity (Wildman–Crippen MR) is 102 cm³/mol. The van der Waals surface area contributed by atoms with E-state index in [0.717, 1.165) is 29.3 Å². The Balaban J connectivity index is 1.76. The van der Waals surface area contributed by atoms with Gasteiger partial charge in [-0.25, -0.2) is 4.98 Å². The summed E-state index contributed by atoms with van der Waals surface area (Å²) in [7, 11) is 0. The number of rotatable bonds is 7. The van der Waals surface area contributed by atoms with E-state index in [9.17, 15) is 4.79 Å². The van der Waals surface area contributed by atoms with Gasteiger partial charge in [0.1, 0.15) is 0 Å². The third kappa shape index (κ3) is 3.77. The Morgan fingerprint density at radius 2 is 1.83 bits per heavy atom. The van der Waals surface area contributed by atoms with Gasteiger partial charge in [0, 0.05) is 12.3 Å². The second kappa shape index (κ2) is 7.97. The molecule has 0 saturated carbocycles. The minimum Gasteiger partial charge on any atom is -0.283 e. The number of fused-ring (bicyclic) bond motifs is 1. The van der Waals surface area contributed by atoms with Gasteiger partial charge in [-0.05, 0) is 30.5 Å². The van der Waals surface area contributed by atoms with Crippen LogP contribution in [-0.4, -0.2) is 15.3 Å². The highest BCUT2D eigenvalue weighted by Crippen LogP contribution is 2.19. The zero-order valence-corrected chi connectivity index (χ0v) is 14.3. The van der Waals surface area contributed by atoms with Crippen LogP contribution in [0.1, 0.15) is 12.0 Å². The van der Waals surface area contributed by atoms with Crippen LogP contribution in [0.25, 0.3) is 10.9 Å². The van der Waals surface area contributed by atoms with Gasteiger partial charge in [0.15, 0.2) is 5.16 Å². The van der Waals surface area contributed by atoms with Crippen LogP contribution in [0.4, 0.5) is 0 Å².